The molecule has 0 saturated carbocycles. The first-order chi connectivity index (χ1) is 8.68. The summed E-state index contributed by atoms with van der Waals surface area (Å²) in [5, 5.41) is 0. The van der Waals surface area contributed by atoms with Crippen LogP contribution in [0.25, 0.3) is 0 Å². The van der Waals surface area contributed by atoms with Crippen LogP contribution in [0.2, 0.25) is 9.63 Å². The summed E-state index contributed by atoms with van der Waals surface area (Å²) in [5.74, 6) is 0. The van der Waals surface area contributed by atoms with Gasteiger partial charge in [-0.1, -0.05) is 0 Å². The fraction of sp³-hybridized carbons (Fsp3) is 1.00. The van der Waals surface area contributed by atoms with Gasteiger partial charge in [0.05, 0.1) is 0 Å². The van der Waals surface area contributed by atoms with Gasteiger partial charge in [0.15, 0.2) is 0 Å². The Morgan fingerprint density at radius 2 is 0.900 bits per heavy atom. The van der Waals surface area contributed by atoms with Crippen molar-refractivity contribution in [3.8, 4) is 0 Å². The molecule has 0 bridgehead atoms. The normalized spacial score (nSPS) is 31.5. The zero-order valence-corrected chi connectivity index (χ0v) is 18.8. The molecule has 2 heteroatoms. The van der Waals surface area contributed by atoms with E-state index in [1.807, 2.05) is 0 Å². The summed E-state index contributed by atoms with van der Waals surface area (Å²) in [6.45, 7) is 25.0. The second kappa shape index (κ2) is 5.92. The van der Waals surface area contributed by atoms with Crippen molar-refractivity contribution in [3.05, 3.63) is 0 Å². The van der Waals surface area contributed by atoms with Gasteiger partial charge in [-0.25, -0.2) is 0 Å². The van der Waals surface area contributed by atoms with Gasteiger partial charge in [-0.05, 0) is 0 Å². The van der Waals surface area contributed by atoms with Crippen molar-refractivity contribution in [3.63, 3.8) is 0 Å². The van der Waals surface area contributed by atoms with Gasteiger partial charge in [0.2, 0.25) is 0 Å². The van der Waals surface area contributed by atoms with E-state index in [0.29, 0.717) is 21.7 Å². The van der Waals surface area contributed by atoms with Crippen LogP contribution in [0.1, 0.15) is 82.1 Å². The van der Waals surface area contributed by atoms with E-state index in [0.717, 1.165) is 35.9 Å². The molecule has 0 radical (unpaired) electrons. The van der Waals surface area contributed by atoms with Crippen LogP contribution in [-0.4, -0.2) is 26.3 Å². The summed E-state index contributed by atoms with van der Waals surface area (Å²) in [5.41, 5.74) is 1.96. The summed E-state index contributed by atoms with van der Waals surface area (Å²) in [4.78, 5) is 1.84. The van der Waals surface area contributed by atoms with Crippen molar-refractivity contribution in [2.75, 3.05) is 0 Å². The van der Waals surface area contributed by atoms with E-state index in [9.17, 15) is 0 Å². The molecule has 1 fully saturated rings. The zero-order chi connectivity index (χ0) is 16.0. The van der Waals surface area contributed by atoms with Crippen LogP contribution in [0.15, 0.2) is 0 Å². The average Bonchev–Trinajstić information content (AvgIpc) is 2.16. The van der Waals surface area contributed by atoms with Gasteiger partial charge in [0.1, 0.15) is 0 Å². The Kier molecular flexibility index (Phi) is 5.65. The number of hydrogen-bond donors (Lipinski definition) is 0. The molecule has 0 aromatic carbocycles. The molecule has 1 saturated heterocycles. The number of hydrogen-bond acceptors (Lipinski definition) is 0. The van der Waals surface area contributed by atoms with Crippen molar-refractivity contribution in [1.82, 2.24) is 0 Å². The molecule has 0 aromatic heterocycles. The van der Waals surface area contributed by atoms with Crippen LogP contribution in [0, 0.1) is 21.7 Å². The predicted octanol–water partition coefficient (Wildman–Crippen LogP) is 5.83. The standard InChI is InChI=1S/C18H36Se2/c1-15(2,3)13-17(7,8)11-12-18(9,10)14(20-19-13)16(4,5)6/h13-14H,11-12H2,1-10H3/t13-,14-/m0/s1. The Morgan fingerprint density at radius 3 is 1.10 bits per heavy atom. The van der Waals surface area contributed by atoms with Crippen LogP contribution in [0.4, 0.5) is 0 Å². The van der Waals surface area contributed by atoms with E-state index in [2.05, 4.69) is 69.2 Å². The summed E-state index contributed by atoms with van der Waals surface area (Å²) >= 11 is 1.62. The third-order valence-corrected chi connectivity index (χ3v) is 16.7. The molecule has 1 heterocycles. The average molecular weight is 410 g/mol. The maximum atomic E-state index is 2.54. The van der Waals surface area contributed by atoms with Gasteiger partial charge in [-0.3, -0.25) is 0 Å². The van der Waals surface area contributed by atoms with Gasteiger partial charge in [0.25, 0.3) is 0 Å². The fourth-order valence-electron chi connectivity index (χ4n) is 3.91. The molecule has 20 heavy (non-hydrogen) atoms. The molecule has 1 rings (SSSR count). The Hall–Kier alpha value is 1.04. The van der Waals surface area contributed by atoms with Gasteiger partial charge in [-0.15, -0.1) is 0 Å². The van der Waals surface area contributed by atoms with Crippen LogP contribution in [-0.2, 0) is 0 Å². The minimum atomic E-state index is 0.467. The second-order valence-corrected chi connectivity index (χ2v) is 17.1. The van der Waals surface area contributed by atoms with E-state index < -0.39 is 0 Å². The van der Waals surface area contributed by atoms with E-state index in [-0.39, 0.29) is 0 Å². The molecule has 0 N–H and O–H groups in total. The van der Waals surface area contributed by atoms with Crippen LogP contribution in [0.3, 0.4) is 0 Å². The van der Waals surface area contributed by atoms with Gasteiger partial charge in [-0.2, -0.15) is 0 Å². The molecule has 0 spiro atoms. The Bertz CT molecular complexity index is 294. The molecule has 0 amide bonds. The van der Waals surface area contributed by atoms with E-state index in [1.54, 1.807) is 0 Å². The molecule has 1 aliphatic heterocycles. The van der Waals surface area contributed by atoms with Crippen molar-refractivity contribution < 1.29 is 0 Å². The molecule has 2 atom stereocenters. The van der Waals surface area contributed by atoms with Crippen molar-refractivity contribution in [2.24, 2.45) is 21.7 Å². The first kappa shape index (κ1) is 19.1. The SMILES string of the molecule is CC(C)(C)[C@@H]1[Se][Se][C@@H](C(C)(C)C)C(C)(C)CCC1(C)C. The quantitative estimate of drug-likeness (QED) is 0.441. The third-order valence-electron chi connectivity index (χ3n) is 4.65. The van der Waals surface area contributed by atoms with Crippen molar-refractivity contribution in [1.29, 1.82) is 0 Å². The molecular weight excluding hydrogens is 374 g/mol. The summed E-state index contributed by atoms with van der Waals surface area (Å²) < 4.78 is 0. The molecule has 1 aliphatic rings. The van der Waals surface area contributed by atoms with Crippen molar-refractivity contribution in [2.45, 2.75) is 91.7 Å². The number of rotatable bonds is 0. The first-order valence-corrected chi connectivity index (χ1v) is 14.3. The molecular formula is C18H36Se2. The molecule has 0 nitrogen and oxygen atoms in total. The third kappa shape index (κ3) is 4.52. The molecule has 120 valence electrons. The molecule has 0 aliphatic carbocycles. The predicted molar refractivity (Wildman–Crippen MR) is 94.7 cm³/mol. The van der Waals surface area contributed by atoms with E-state index in [4.69, 9.17) is 0 Å². The topological polar surface area (TPSA) is 0 Å². The second-order valence-electron chi connectivity index (χ2n) is 10.2. The zero-order valence-electron chi connectivity index (χ0n) is 15.4. The minimum absolute atomic E-state index is 0.467. The maximum absolute atomic E-state index is 2.54. The Morgan fingerprint density at radius 1 is 0.650 bits per heavy atom. The Labute approximate surface area is 139 Å². The van der Waals surface area contributed by atoms with E-state index in [1.165, 1.54) is 12.8 Å². The summed E-state index contributed by atoms with van der Waals surface area (Å²) in [7, 11) is 0. The van der Waals surface area contributed by atoms with Crippen LogP contribution < -0.4 is 0 Å². The monoisotopic (exact) mass is 412 g/mol. The Balaban J connectivity index is 3.07. The molecule has 0 unspecified atom stereocenters. The summed E-state index contributed by atoms with van der Waals surface area (Å²) in [6.07, 6.45) is 2.79. The van der Waals surface area contributed by atoms with E-state index >= 15 is 0 Å². The van der Waals surface area contributed by atoms with Crippen LogP contribution in [0.5, 0.6) is 0 Å². The van der Waals surface area contributed by atoms with Gasteiger partial charge >= 0.3 is 140 Å². The summed E-state index contributed by atoms with van der Waals surface area (Å²) in [6, 6.07) is 0. The molecule has 0 aromatic rings. The fourth-order valence-corrected chi connectivity index (χ4v) is 21.6. The van der Waals surface area contributed by atoms with Gasteiger partial charge < -0.3 is 0 Å². The first-order valence-electron chi connectivity index (χ1n) is 8.00. The van der Waals surface area contributed by atoms with Crippen molar-refractivity contribution >= 4 is 26.3 Å². The van der Waals surface area contributed by atoms with Gasteiger partial charge in [0, 0.05) is 0 Å². The van der Waals surface area contributed by atoms with Crippen LogP contribution >= 0.6 is 0 Å².